The molecule has 2 rings (SSSR count). The first-order valence-electron chi connectivity index (χ1n) is 5.32. The number of ether oxygens (including phenoxy) is 2. The van der Waals surface area contributed by atoms with E-state index in [0.29, 0.717) is 23.3 Å². The highest BCUT2D eigenvalue weighted by Gasteiger charge is 2.15. The molecule has 0 saturated heterocycles. The number of para-hydroxylation sites is 1. The molecule has 5 nitrogen and oxygen atoms in total. The van der Waals surface area contributed by atoms with E-state index in [2.05, 4.69) is 15.9 Å². The first-order valence-corrected chi connectivity index (χ1v) is 6.11. The van der Waals surface area contributed by atoms with Gasteiger partial charge in [0.15, 0.2) is 23.7 Å². The third-order valence-electron chi connectivity index (χ3n) is 2.26. The standard InChI is InChI=1S/C12H11BrO5/c1-2-16-9(14)6-17-8-5-3-4-7-10(15)12(13)18-11(7)8/h3-5,15H,2,6H2,1H3. The zero-order valence-corrected chi connectivity index (χ0v) is 11.2. The molecule has 0 aliphatic rings. The molecule has 0 amide bonds. The first kappa shape index (κ1) is 12.8. The second kappa shape index (κ2) is 5.30. The maximum atomic E-state index is 11.2. The molecule has 0 aliphatic carbocycles. The SMILES string of the molecule is CCOC(=O)COc1cccc2c(O)c(Br)oc12. The van der Waals surface area contributed by atoms with Gasteiger partial charge in [0.25, 0.3) is 0 Å². The average molecular weight is 315 g/mol. The molecule has 0 spiro atoms. The van der Waals surface area contributed by atoms with Gasteiger partial charge in [0.05, 0.1) is 12.0 Å². The second-order valence-electron chi connectivity index (χ2n) is 3.45. The Hall–Kier alpha value is -1.69. The average Bonchev–Trinajstić information content (AvgIpc) is 2.64. The van der Waals surface area contributed by atoms with Gasteiger partial charge in [0, 0.05) is 0 Å². The van der Waals surface area contributed by atoms with E-state index in [1.54, 1.807) is 25.1 Å². The molecule has 2 aromatic rings. The Morgan fingerprint density at radius 1 is 1.50 bits per heavy atom. The predicted octanol–water partition coefficient (Wildman–Crippen LogP) is 2.84. The van der Waals surface area contributed by atoms with Crippen LogP contribution in [0.1, 0.15) is 6.92 Å². The quantitative estimate of drug-likeness (QED) is 0.879. The minimum atomic E-state index is -0.454. The normalized spacial score (nSPS) is 10.6. The highest BCUT2D eigenvalue weighted by atomic mass is 79.9. The molecule has 0 radical (unpaired) electrons. The number of halogens is 1. The third-order valence-corrected chi connectivity index (χ3v) is 2.80. The molecule has 0 unspecified atom stereocenters. The van der Waals surface area contributed by atoms with Crippen LogP contribution in [0.25, 0.3) is 11.0 Å². The molecular weight excluding hydrogens is 304 g/mol. The lowest BCUT2D eigenvalue weighted by molar-refractivity contribution is -0.145. The number of carbonyl (C=O) groups is 1. The van der Waals surface area contributed by atoms with Crippen molar-refractivity contribution in [3.63, 3.8) is 0 Å². The van der Waals surface area contributed by atoms with Crippen LogP contribution in [0.15, 0.2) is 27.3 Å². The maximum absolute atomic E-state index is 11.2. The Labute approximate surface area is 111 Å². The fourth-order valence-corrected chi connectivity index (χ4v) is 1.88. The molecule has 1 heterocycles. The third kappa shape index (κ3) is 2.43. The molecule has 0 fully saturated rings. The summed E-state index contributed by atoms with van der Waals surface area (Å²) in [5.41, 5.74) is 0.381. The van der Waals surface area contributed by atoms with Crippen LogP contribution in [0.3, 0.4) is 0 Å². The van der Waals surface area contributed by atoms with Crippen molar-refractivity contribution in [3.8, 4) is 11.5 Å². The lowest BCUT2D eigenvalue weighted by atomic mass is 10.2. The summed E-state index contributed by atoms with van der Waals surface area (Å²) in [6.07, 6.45) is 0. The van der Waals surface area contributed by atoms with E-state index in [9.17, 15) is 9.90 Å². The van der Waals surface area contributed by atoms with Gasteiger partial charge in [-0.3, -0.25) is 0 Å². The molecule has 0 saturated carbocycles. The number of rotatable bonds is 4. The fourth-order valence-electron chi connectivity index (χ4n) is 1.50. The van der Waals surface area contributed by atoms with Crippen molar-refractivity contribution in [2.24, 2.45) is 0 Å². The van der Waals surface area contributed by atoms with E-state index >= 15 is 0 Å². The molecule has 1 aromatic carbocycles. The van der Waals surface area contributed by atoms with Crippen LogP contribution in [0.4, 0.5) is 0 Å². The predicted molar refractivity (Wildman–Crippen MR) is 67.7 cm³/mol. The van der Waals surface area contributed by atoms with Crippen LogP contribution >= 0.6 is 15.9 Å². The Morgan fingerprint density at radius 2 is 2.28 bits per heavy atom. The van der Waals surface area contributed by atoms with E-state index in [4.69, 9.17) is 13.9 Å². The van der Waals surface area contributed by atoms with Gasteiger partial charge in [-0.25, -0.2) is 4.79 Å². The molecular formula is C12H11BrO5. The number of benzene rings is 1. The van der Waals surface area contributed by atoms with Crippen molar-refractivity contribution in [1.29, 1.82) is 0 Å². The Kier molecular flexibility index (Phi) is 3.76. The van der Waals surface area contributed by atoms with Crippen LogP contribution in [0, 0.1) is 0 Å². The van der Waals surface area contributed by atoms with E-state index in [1.807, 2.05) is 0 Å². The Morgan fingerprint density at radius 3 is 3.00 bits per heavy atom. The van der Waals surface area contributed by atoms with Gasteiger partial charge in [0.2, 0.25) is 4.67 Å². The van der Waals surface area contributed by atoms with Crippen molar-refractivity contribution in [2.75, 3.05) is 13.2 Å². The first-order chi connectivity index (χ1) is 8.63. The molecule has 1 aromatic heterocycles. The summed E-state index contributed by atoms with van der Waals surface area (Å²) in [6, 6.07) is 5.04. The largest absolute Gasteiger partial charge is 0.503 e. The molecule has 18 heavy (non-hydrogen) atoms. The smallest absolute Gasteiger partial charge is 0.344 e. The number of furan rings is 1. The van der Waals surface area contributed by atoms with Gasteiger partial charge in [0.1, 0.15) is 0 Å². The van der Waals surface area contributed by atoms with Gasteiger partial charge >= 0.3 is 5.97 Å². The lowest BCUT2D eigenvalue weighted by Gasteiger charge is -2.05. The summed E-state index contributed by atoms with van der Waals surface area (Å²) < 4.78 is 15.6. The zero-order chi connectivity index (χ0) is 13.1. The van der Waals surface area contributed by atoms with Crippen molar-refractivity contribution in [3.05, 3.63) is 22.9 Å². The molecule has 0 aliphatic heterocycles. The van der Waals surface area contributed by atoms with Crippen molar-refractivity contribution < 1.29 is 23.8 Å². The molecule has 0 bridgehead atoms. The molecule has 1 N–H and O–H groups in total. The number of hydrogen-bond acceptors (Lipinski definition) is 5. The number of esters is 1. The van der Waals surface area contributed by atoms with Crippen molar-refractivity contribution in [1.82, 2.24) is 0 Å². The van der Waals surface area contributed by atoms with E-state index in [-0.39, 0.29) is 17.0 Å². The monoisotopic (exact) mass is 314 g/mol. The Bertz CT molecular complexity index is 575. The number of aromatic hydroxyl groups is 1. The lowest BCUT2D eigenvalue weighted by Crippen LogP contribution is -2.14. The fraction of sp³-hybridized carbons (Fsp3) is 0.250. The minimum Gasteiger partial charge on any atom is -0.503 e. The minimum absolute atomic E-state index is 0.00610. The summed E-state index contributed by atoms with van der Waals surface area (Å²) in [7, 11) is 0. The van der Waals surface area contributed by atoms with E-state index < -0.39 is 5.97 Å². The number of fused-ring (bicyclic) bond motifs is 1. The topological polar surface area (TPSA) is 68.9 Å². The van der Waals surface area contributed by atoms with Gasteiger partial charge in [-0.15, -0.1) is 0 Å². The van der Waals surface area contributed by atoms with Crippen molar-refractivity contribution >= 4 is 32.9 Å². The van der Waals surface area contributed by atoms with Crippen LogP contribution in [0.2, 0.25) is 0 Å². The number of carbonyl (C=O) groups excluding carboxylic acids is 1. The van der Waals surface area contributed by atoms with E-state index in [1.165, 1.54) is 0 Å². The highest BCUT2D eigenvalue weighted by molar-refractivity contribution is 9.10. The summed E-state index contributed by atoms with van der Waals surface area (Å²) in [5.74, 6) is -0.0718. The molecule has 6 heteroatoms. The van der Waals surface area contributed by atoms with Gasteiger partial charge in [-0.2, -0.15) is 0 Å². The molecule has 96 valence electrons. The maximum Gasteiger partial charge on any atom is 0.344 e. The molecule has 0 atom stereocenters. The van der Waals surface area contributed by atoms with Crippen LogP contribution in [-0.4, -0.2) is 24.3 Å². The van der Waals surface area contributed by atoms with Crippen LogP contribution in [-0.2, 0) is 9.53 Å². The van der Waals surface area contributed by atoms with Crippen LogP contribution < -0.4 is 4.74 Å². The summed E-state index contributed by atoms with van der Waals surface area (Å²) in [6.45, 7) is 1.83. The number of hydrogen-bond donors (Lipinski definition) is 1. The second-order valence-corrected chi connectivity index (χ2v) is 4.17. The van der Waals surface area contributed by atoms with Gasteiger partial charge in [-0.05, 0) is 35.0 Å². The van der Waals surface area contributed by atoms with Crippen LogP contribution in [0.5, 0.6) is 11.5 Å². The zero-order valence-electron chi connectivity index (χ0n) is 9.60. The summed E-state index contributed by atoms with van der Waals surface area (Å²) in [5, 5.41) is 10.2. The van der Waals surface area contributed by atoms with Gasteiger partial charge < -0.3 is 19.0 Å². The van der Waals surface area contributed by atoms with Gasteiger partial charge in [-0.1, -0.05) is 6.07 Å². The highest BCUT2D eigenvalue weighted by Crippen LogP contribution is 2.39. The van der Waals surface area contributed by atoms with E-state index in [0.717, 1.165) is 0 Å². The summed E-state index contributed by atoms with van der Waals surface area (Å²) >= 11 is 3.08. The van der Waals surface area contributed by atoms with Crippen molar-refractivity contribution in [2.45, 2.75) is 6.92 Å². The summed E-state index contributed by atoms with van der Waals surface area (Å²) in [4.78, 5) is 11.2. The Balaban J connectivity index is 2.23.